The van der Waals surface area contributed by atoms with Gasteiger partial charge >= 0.3 is 5.97 Å². The molecule has 2 heterocycles. The first-order valence-electron chi connectivity index (χ1n) is 11.9. The summed E-state index contributed by atoms with van der Waals surface area (Å²) in [4.78, 5) is 30.2. The number of nitrogens with one attached hydrogen (secondary N) is 1. The molecule has 0 atom stereocenters. The smallest absolute Gasteiger partial charge is 0.341 e. The van der Waals surface area contributed by atoms with Crippen LogP contribution in [0.2, 0.25) is 0 Å². The van der Waals surface area contributed by atoms with Crippen LogP contribution < -0.4 is 5.32 Å². The Balaban J connectivity index is 1.40. The van der Waals surface area contributed by atoms with Crippen molar-refractivity contribution in [3.63, 3.8) is 0 Å². The lowest BCUT2D eigenvalue weighted by Crippen LogP contribution is -2.48. The van der Waals surface area contributed by atoms with Gasteiger partial charge in [-0.25, -0.2) is 4.79 Å². The summed E-state index contributed by atoms with van der Waals surface area (Å²) in [5.41, 5.74) is 7.04. The molecule has 0 aliphatic carbocycles. The van der Waals surface area contributed by atoms with E-state index >= 15 is 0 Å². The number of thiophene rings is 1. The topological polar surface area (TPSA) is 61.9 Å². The van der Waals surface area contributed by atoms with Gasteiger partial charge in [0, 0.05) is 43.7 Å². The van der Waals surface area contributed by atoms with Crippen molar-refractivity contribution in [2.24, 2.45) is 0 Å². The van der Waals surface area contributed by atoms with E-state index in [1.54, 1.807) is 0 Å². The highest BCUT2D eigenvalue weighted by Crippen LogP contribution is 2.38. The second kappa shape index (κ2) is 11.2. The molecule has 1 amide bonds. The first kappa shape index (κ1) is 25.1. The van der Waals surface area contributed by atoms with Gasteiger partial charge in [-0.3, -0.25) is 14.6 Å². The Morgan fingerprint density at radius 3 is 2.37 bits per heavy atom. The lowest BCUT2D eigenvalue weighted by atomic mass is 9.97. The maximum Gasteiger partial charge on any atom is 0.341 e. The van der Waals surface area contributed by atoms with Crippen LogP contribution in [0.1, 0.15) is 32.6 Å². The number of aryl methyl sites for hydroxylation is 3. The number of nitrogens with zero attached hydrogens (tertiary/aromatic N) is 2. The van der Waals surface area contributed by atoms with Crippen molar-refractivity contribution in [3.8, 4) is 11.1 Å². The van der Waals surface area contributed by atoms with Crippen molar-refractivity contribution in [1.82, 2.24) is 9.80 Å². The van der Waals surface area contributed by atoms with E-state index < -0.39 is 5.97 Å². The van der Waals surface area contributed by atoms with Gasteiger partial charge in [0.25, 0.3) is 0 Å². The fourth-order valence-corrected chi connectivity index (χ4v) is 5.45. The summed E-state index contributed by atoms with van der Waals surface area (Å²) >= 11 is 1.36. The highest BCUT2D eigenvalue weighted by atomic mass is 32.1. The first-order chi connectivity index (χ1) is 16.9. The monoisotopic (exact) mass is 491 g/mol. The largest absolute Gasteiger partial charge is 0.465 e. The van der Waals surface area contributed by atoms with Crippen molar-refractivity contribution in [2.45, 2.75) is 27.3 Å². The molecule has 0 unspecified atom stereocenters. The Hall–Kier alpha value is -3.00. The molecule has 1 aliphatic heterocycles. The third kappa shape index (κ3) is 5.99. The molecule has 4 rings (SSSR count). The molecule has 0 saturated carbocycles. The molecule has 6 nitrogen and oxygen atoms in total. The van der Waals surface area contributed by atoms with Gasteiger partial charge in [0.1, 0.15) is 10.6 Å². The Morgan fingerprint density at radius 2 is 1.66 bits per heavy atom. The maximum absolute atomic E-state index is 12.9. The van der Waals surface area contributed by atoms with Gasteiger partial charge in [-0.05, 0) is 43.0 Å². The predicted molar refractivity (Wildman–Crippen MR) is 142 cm³/mol. The lowest BCUT2D eigenvalue weighted by molar-refractivity contribution is -0.117. The van der Waals surface area contributed by atoms with Gasteiger partial charge in [-0.1, -0.05) is 48.0 Å². The van der Waals surface area contributed by atoms with Crippen LogP contribution >= 0.6 is 11.3 Å². The number of methoxy groups -OCH3 is 1. The Bertz CT molecular complexity index is 1210. The minimum absolute atomic E-state index is 0.114. The molecule has 2 aromatic carbocycles. The molecule has 35 heavy (non-hydrogen) atoms. The molecule has 0 bridgehead atoms. The lowest BCUT2D eigenvalue weighted by Gasteiger charge is -2.34. The summed E-state index contributed by atoms with van der Waals surface area (Å²) in [6, 6.07) is 14.6. The van der Waals surface area contributed by atoms with E-state index in [1.165, 1.54) is 29.6 Å². The van der Waals surface area contributed by atoms with Crippen molar-refractivity contribution < 1.29 is 14.3 Å². The number of amides is 1. The quantitative estimate of drug-likeness (QED) is 0.477. The Morgan fingerprint density at radius 1 is 0.943 bits per heavy atom. The maximum atomic E-state index is 12.9. The molecule has 0 radical (unpaired) electrons. The van der Waals surface area contributed by atoms with E-state index in [4.69, 9.17) is 4.74 Å². The molecule has 1 aliphatic rings. The average molecular weight is 492 g/mol. The molecular weight excluding hydrogens is 458 g/mol. The van der Waals surface area contributed by atoms with Gasteiger partial charge in [0.15, 0.2) is 0 Å². The summed E-state index contributed by atoms with van der Waals surface area (Å²) in [5.74, 6) is -0.556. The van der Waals surface area contributed by atoms with E-state index in [0.717, 1.165) is 55.0 Å². The highest BCUT2D eigenvalue weighted by Gasteiger charge is 2.25. The number of anilines is 1. The van der Waals surface area contributed by atoms with Gasteiger partial charge in [-0.2, -0.15) is 0 Å². The second-order valence-corrected chi connectivity index (χ2v) is 10.1. The molecule has 3 aromatic rings. The molecule has 7 heteroatoms. The zero-order valence-electron chi connectivity index (χ0n) is 20.9. The molecule has 184 valence electrons. The van der Waals surface area contributed by atoms with Crippen molar-refractivity contribution in [1.29, 1.82) is 0 Å². The van der Waals surface area contributed by atoms with Gasteiger partial charge in [-0.15, -0.1) is 11.3 Å². The average Bonchev–Trinajstić information content (AvgIpc) is 3.25. The van der Waals surface area contributed by atoms with Crippen LogP contribution in [0.3, 0.4) is 0 Å². The van der Waals surface area contributed by atoms with Gasteiger partial charge < -0.3 is 10.1 Å². The van der Waals surface area contributed by atoms with E-state index in [0.29, 0.717) is 17.1 Å². The number of esters is 1. The van der Waals surface area contributed by atoms with Crippen LogP contribution in [0.15, 0.2) is 47.8 Å². The molecule has 1 N–H and O–H groups in total. The SMILES string of the molecule is COC(=O)c1c(-c2cc(C)ccc2C)csc1NC(=O)CN1CCN(Cc2ccccc2C)CC1. The number of piperazine rings is 1. The van der Waals surface area contributed by atoms with E-state index in [-0.39, 0.29) is 5.91 Å². The van der Waals surface area contributed by atoms with Crippen LogP contribution in [0.4, 0.5) is 5.00 Å². The first-order valence-corrected chi connectivity index (χ1v) is 12.8. The summed E-state index contributed by atoms with van der Waals surface area (Å²) < 4.78 is 5.07. The number of benzene rings is 2. The standard InChI is InChI=1S/C28H33N3O3S/c1-19-9-10-21(3)23(15-19)24-18-35-27(26(24)28(33)34-4)29-25(32)17-31-13-11-30(12-14-31)16-22-8-6-5-7-20(22)2/h5-10,15,18H,11-14,16-17H2,1-4H3,(H,29,32). The van der Waals surface area contributed by atoms with Crippen LogP contribution in [-0.4, -0.2) is 61.5 Å². The number of carbonyl (C=O) groups is 2. The third-order valence-corrected chi connectivity index (χ3v) is 7.50. The number of ether oxygens (including phenoxy) is 1. The van der Waals surface area contributed by atoms with Crippen LogP contribution in [-0.2, 0) is 16.1 Å². The Labute approximate surface area is 211 Å². The number of hydrogen-bond donors (Lipinski definition) is 1. The molecular formula is C28H33N3O3S. The molecule has 1 saturated heterocycles. The van der Waals surface area contributed by atoms with Crippen molar-refractivity contribution >= 4 is 28.2 Å². The summed E-state index contributed by atoms with van der Waals surface area (Å²) in [7, 11) is 1.37. The van der Waals surface area contributed by atoms with Gasteiger partial charge in [0.05, 0.1) is 13.7 Å². The minimum Gasteiger partial charge on any atom is -0.465 e. The fraction of sp³-hybridized carbons (Fsp3) is 0.357. The van der Waals surface area contributed by atoms with Crippen molar-refractivity contribution in [2.75, 3.05) is 45.2 Å². The van der Waals surface area contributed by atoms with Gasteiger partial charge in [0.2, 0.25) is 5.91 Å². The van der Waals surface area contributed by atoms with E-state index in [2.05, 4.69) is 52.4 Å². The highest BCUT2D eigenvalue weighted by molar-refractivity contribution is 7.15. The van der Waals surface area contributed by atoms with Crippen LogP contribution in [0, 0.1) is 20.8 Å². The van der Waals surface area contributed by atoms with Crippen LogP contribution in [0.25, 0.3) is 11.1 Å². The molecule has 1 aromatic heterocycles. The fourth-order valence-electron chi connectivity index (χ4n) is 4.48. The summed E-state index contributed by atoms with van der Waals surface area (Å²) in [5, 5.41) is 5.44. The van der Waals surface area contributed by atoms with E-state index in [1.807, 2.05) is 31.4 Å². The number of hydrogen-bond acceptors (Lipinski definition) is 6. The molecule has 0 spiro atoms. The number of carbonyl (C=O) groups excluding carboxylic acids is 2. The molecule has 1 fully saturated rings. The third-order valence-electron chi connectivity index (χ3n) is 6.60. The normalized spacial score (nSPS) is 14.6. The number of rotatable bonds is 7. The predicted octanol–water partition coefficient (Wildman–Crippen LogP) is 4.88. The van der Waals surface area contributed by atoms with Crippen molar-refractivity contribution in [3.05, 3.63) is 75.7 Å². The van der Waals surface area contributed by atoms with E-state index in [9.17, 15) is 9.59 Å². The summed E-state index contributed by atoms with van der Waals surface area (Å²) in [6.45, 7) is 10.9. The Kier molecular flexibility index (Phi) is 8.00. The summed E-state index contributed by atoms with van der Waals surface area (Å²) in [6.07, 6.45) is 0. The second-order valence-electron chi connectivity index (χ2n) is 9.19. The van der Waals surface area contributed by atoms with Crippen LogP contribution in [0.5, 0.6) is 0 Å². The zero-order chi connectivity index (χ0) is 24.9. The zero-order valence-corrected chi connectivity index (χ0v) is 21.7. The minimum atomic E-state index is -0.442.